The third-order valence-corrected chi connectivity index (χ3v) is 2.82. The second-order valence-corrected chi connectivity index (χ2v) is 4.54. The molecule has 1 aromatic carbocycles. The van der Waals surface area contributed by atoms with E-state index in [0.29, 0.717) is 24.6 Å². The van der Waals surface area contributed by atoms with E-state index in [-0.39, 0.29) is 5.91 Å². The average Bonchev–Trinajstić information content (AvgIpc) is 2.46. The molecule has 5 nitrogen and oxygen atoms in total. The number of nitrogens with zero attached hydrogens (tertiary/aromatic N) is 1. The zero-order valence-corrected chi connectivity index (χ0v) is 12.3. The number of guanidine groups is 1. The van der Waals surface area contributed by atoms with Gasteiger partial charge in [-0.05, 0) is 31.0 Å². The van der Waals surface area contributed by atoms with Crippen molar-refractivity contribution in [1.29, 1.82) is 0 Å². The summed E-state index contributed by atoms with van der Waals surface area (Å²) < 4.78 is 0. The Morgan fingerprint density at radius 2 is 1.90 bits per heavy atom. The lowest BCUT2D eigenvalue weighted by molar-refractivity contribution is 0.0956. The van der Waals surface area contributed by atoms with Crippen LogP contribution in [0.25, 0.3) is 0 Å². The Morgan fingerprint density at radius 3 is 2.50 bits per heavy atom. The zero-order valence-electron chi connectivity index (χ0n) is 12.3. The van der Waals surface area contributed by atoms with Crippen LogP contribution in [0.2, 0.25) is 0 Å². The summed E-state index contributed by atoms with van der Waals surface area (Å²) in [6, 6.07) is 7.40. The Labute approximate surface area is 120 Å². The topological polar surface area (TPSA) is 79.5 Å². The highest BCUT2D eigenvalue weighted by Gasteiger charge is 2.03. The predicted octanol–water partition coefficient (Wildman–Crippen LogP) is 1.64. The number of benzene rings is 1. The Bertz CT molecular complexity index is 440. The third kappa shape index (κ3) is 5.73. The minimum atomic E-state index is -0.0525. The summed E-state index contributed by atoms with van der Waals surface area (Å²) in [4.78, 5) is 15.9. The van der Waals surface area contributed by atoms with E-state index in [4.69, 9.17) is 5.73 Å². The van der Waals surface area contributed by atoms with Crippen LogP contribution in [0, 0.1) is 0 Å². The van der Waals surface area contributed by atoms with E-state index in [1.165, 1.54) is 0 Å². The summed E-state index contributed by atoms with van der Waals surface area (Å²) in [7, 11) is 0. The number of amides is 1. The highest BCUT2D eigenvalue weighted by molar-refractivity contribution is 5.94. The van der Waals surface area contributed by atoms with Crippen molar-refractivity contribution in [2.45, 2.75) is 33.2 Å². The molecule has 0 saturated carbocycles. The minimum Gasteiger partial charge on any atom is -0.370 e. The van der Waals surface area contributed by atoms with Crippen LogP contribution in [0.15, 0.2) is 29.3 Å². The van der Waals surface area contributed by atoms with Crippen molar-refractivity contribution in [3.05, 3.63) is 35.4 Å². The molecule has 1 rings (SSSR count). The normalized spacial score (nSPS) is 11.2. The number of nitrogens with one attached hydrogen (secondary N) is 2. The summed E-state index contributed by atoms with van der Waals surface area (Å²) in [6.45, 7) is 6.02. The molecule has 1 aromatic rings. The van der Waals surface area contributed by atoms with Gasteiger partial charge in [-0.25, -0.2) is 4.99 Å². The molecule has 0 aliphatic rings. The van der Waals surface area contributed by atoms with Crippen molar-refractivity contribution in [1.82, 2.24) is 10.6 Å². The summed E-state index contributed by atoms with van der Waals surface area (Å²) in [5.41, 5.74) is 7.44. The number of nitrogens with two attached hydrogens (primary N) is 1. The molecule has 110 valence electrons. The van der Waals surface area contributed by atoms with Crippen LogP contribution in [0.3, 0.4) is 0 Å². The molecule has 0 atom stereocenters. The van der Waals surface area contributed by atoms with Gasteiger partial charge in [0.25, 0.3) is 5.91 Å². The molecule has 0 fully saturated rings. The lowest BCUT2D eigenvalue weighted by Crippen LogP contribution is -2.32. The fourth-order valence-electron chi connectivity index (χ4n) is 1.65. The SMILES string of the molecule is CCCCNC(N)=NCc1ccc(C(=O)NCC)cc1. The van der Waals surface area contributed by atoms with Crippen molar-refractivity contribution >= 4 is 11.9 Å². The molecule has 0 aliphatic heterocycles. The molecule has 0 radical (unpaired) electrons. The van der Waals surface area contributed by atoms with E-state index in [1.54, 1.807) is 12.1 Å². The fraction of sp³-hybridized carbons (Fsp3) is 0.467. The van der Waals surface area contributed by atoms with Gasteiger partial charge in [-0.1, -0.05) is 25.5 Å². The van der Waals surface area contributed by atoms with Gasteiger partial charge in [-0.2, -0.15) is 0 Å². The molecule has 0 aliphatic carbocycles. The Balaban J connectivity index is 2.48. The smallest absolute Gasteiger partial charge is 0.251 e. The minimum absolute atomic E-state index is 0.0525. The Morgan fingerprint density at radius 1 is 1.20 bits per heavy atom. The van der Waals surface area contributed by atoms with Crippen LogP contribution in [-0.2, 0) is 6.54 Å². The van der Waals surface area contributed by atoms with Crippen molar-refractivity contribution in [2.75, 3.05) is 13.1 Å². The first kappa shape index (κ1) is 16.0. The highest BCUT2D eigenvalue weighted by atomic mass is 16.1. The van der Waals surface area contributed by atoms with E-state index in [1.807, 2.05) is 19.1 Å². The van der Waals surface area contributed by atoms with Crippen LogP contribution < -0.4 is 16.4 Å². The van der Waals surface area contributed by atoms with Gasteiger partial charge in [0, 0.05) is 18.7 Å². The molecule has 0 bridgehead atoms. The van der Waals surface area contributed by atoms with Crippen LogP contribution in [0.1, 0.15) is 42.6 Å². The number of hydrogen-bond donors (Lipinski definition) is 3. The molecule has 0 unspecified atom stereocenters. The van der Waals surface area contributed by atoms with Crippen LogP contribution in [0.4, 0.5) is 0 Å². The quantitative estimate of drug-likeness (QED) is 0.402. The summed E-state index contributed by atoms with van der Waals surface area (Å²) in [5, 5.41) is 5.83. The van der Waals surface area contributed by atoms with Crippen LogP contribution in [-0.4, -0.2) is 25.0 Å². The Hall–Kier alpha value is -2.04. The molecule has 20 heavy (non-hydrogen) atoms. The number of carbonyl (C=O) groups excluding carboxylic acids is 1. The molecular weight excluding hydrogens is 252 g/mol. The number of rotatable bonds is 7. The van der Waals surface area contributed by atoms with Gasteiger partial charge in [0.2, 0.25) is 0 Å². The molecular formula is C15H24N4O. The van der Waals surface area contributed by atoms with Gasteiger partial charge in [0.05, 0.1) is 6.54 Å². The number of hydrogen-bond acceptors (Lipinski definition) is 2. The third-order valence-electron chi connectivity index (χ3n) is 2.82. The summed E-state index contributed by atoms with van der Waals surface area (Å²) in [5.74, 6) is 0.412. The molecule has 0 saturated heterocycles. The van der Waals surface area contributed by atoms with Gasteiger partial charge >= 0.3 is 0 Å². The lowest BCUT2D eigenvalue weighted by atomic mass is 10.1. The fourth-order valence-corrected chi connectivity index (χ4v) is 1.65. The maximum Gasteiger partial charge on any atom is 0.251 e. The second kappa shape index (κ2) is 8.96. The first-order valence-corrected chi connectivity index (χ1v) is 7.08. The van der Waals surface area contributed by atoms with Gasteiger partial charge in [-0.3, -0.25) is 4.79 Å². The van der Waals surface area contributed by atoms with E-state index in [2.05, 4.69) is 22.5 Å². The second-order valence-electron chi connectivity index (χ2n) is 4.54. The highest BCUT2D eigenvalue weighted by Crippen LogP contribution is 2.05. The first-order chi connectivity index (χ1) is 9.67. The van der Waals surface area contributed by atoms with E-state index in [9.17, 15) is 4.79 Å². The standard InChI is InChI=1S/C15H24N4O/c1-3-5-10-18-15(16)19-11-12-6-8-13(9-7-12)14(20)17-4-2/h6-9H,3-5,10-11H2,1-2H3,(H,17,20)(H3,16,18,19). The van der Waals surface area contributed by atoms with Crippen molar-refractivity contribution in [3.63, 3.8) is 0 Å². The van der Waals surface area contributed by atoms with Crippen molar-refractivity contribution in [2.24, 2.45) is 10.7 Å². The zero-order chi connectivity index (χ0) is 14.8. The predicted molar refractivity (Wildman–Crippen MR) is 82.7 cm³/mol. The largest absolute Gasteiger partial charge is 0.370 e. The lowest BCUT2D eigenvalue weighted by Gasteiger charge is -2.05. The van der Waals surface area contributed by atoms with Crippen LogP contribution >= 0.6 is 0 Å². The maximum absolute atomic E-state index is 11.6. The molecule has 0 spiro atoms. The maximum atomic E-state index is 11.6. The van der Waals surface area contributed by atoms with Crippen molar-refractivity contribution in [3.8, 4) is 0 Å². The molecule has 1 amide bonds. The molecule has 4 N–H and O–H groups in total. The van der Waals surface area contributed by atoms with E-state index in [0.717, 1.165) is 24.9 Å². The Kier molecular flexibility index (Phi) is 7.17. The number of unbranched alkanes of at least 4 members (excludes halogenated alkanes) is 1. The number of aliphatic imine (C=N–C) groups is 1. The summed E-state index contributed by atoms with van der Waals surface area (Å²) in [6.07, 6.45) is 2.21. The number of carbonyl (C=O) groups is 1. The van der Waals surface area contributed by atoms with Crippen LogP contribution in [0.5, 0.6) is 0 Å². The van der Waals surface area contributed by atoms with E-state index < -0.39 is 0 Å². The van der Waals surface area contributed by atoms with Gasteiger partial charge in [0.1, 0.15) is 0 Å². The molecule has 0 heterocycles. The van der Waals surface area contributed by atoms with Gasteiger partial charge < -0.3 is 16.4 Å². The van der Waals surface area contributed by atoms with Crippen molar-refractivity contribution < 1.29 is 4.79 Å². The monoisotopic (exact) mass is 276 g/mol. The molecule has 0 aromatic heterocycles. The first-order valence-electron chi connectivity index (χ1n) is 7.08. The van der Waals surface area contributed by atoms with Gasteiger partial charge in [-0.15, -0.1) is 0 Å². The van der Waals surface area contributed by atoms with Gasteiger partial charge in [0.15, 0.2) is 5.96 Å². The average molecular weight is 276 g/mol. The van der Waals surface area contributed by atoms with E-state index >= 15 is 0 Å². The molecule has 5 heteroatoms. The summed E-state index contributed by atoms with van der Waals surface area (Å²) >= 11 is 0.